The molecule has 3 saturated heterocycles. The third-order valence-corrected chi connectivity index (χ3v) is 15.2. The largest absolute Gasteiger partial charge is 0.507 e. The number of piperazine rings is 1. The molecule has 4 fully saturated rings. The molecule has 6 atom stereocenters. The predicted molar refractivity (Wildman–Crippen MR) is 269 cm³/mol. The molecule has 71 heavy (non-hydrogen) atoms. The second-order valence-corrected chi connectivity index (χ2v) is 20.2. The number of hydrogen-bond donors (Lipinski definition) is 4. The van der Waals surface area contributed by atoms with E-state index < -0.39 is 18.1 Å². The standard InChI is InChI=1S/C53H58N10O7S/c1-30(2)49(53(67)62-28-39(64)23-44(62)52(66)57-31(3)34-11-13-35(14-12-34)50-32(4)56-29-71-50)46-25-48(60-70-46)68-19-7-8-33-20-40(21-33)69-47-22-36(17-18-55-47)63-37-15-16-38(63)27-61(26-37)43-24-42(58-59-51(43)54)41-9-5-6-10-45(41)65/h5-6,9-14,17-18,22,24-25,29-31,33,37-40,44,49,64-65H,15-16,19-21,23,26-28H2,1-4H3,(H2,54,59)(H,57,66)/t31-,33?,37?,38?,39+,40?,44-,49+/m0/s1. The summed E-state index contributed by atoms with van der Waals surface area (Å²) in [6.07, 6.45) is 4.73. The van der Waals surface area contributed by atoms with E-state index in [1.54, 1.807) is 29.5 Å². The fourth-order valence-electron chi connectivity index (χ4n) is 10.5. The van der Waals surface area contributed by atoms with Crippen LogP contribution in [0.1, 0.15) is 81.9 Å². The lowest BCUT2D eigenvalue weighted by Crippen LogP contribution is -2.54. The van der Waals surface area contributed by atoms with E-state index in [2.05, 4.69) is 52.3 Å². The Morgan fingerprint density at radius 1 is 0.958 bits per heavy atom. The van der Waals surface area contributed by atoms with Crippen LogP contribution in [-0.2, 0) is 9.59 Å². The number of carbonyl (C=O) groups is 2. The SMILES string of the molecule is Cc1ncsc1-c1ccc([C@H](C)NC(=O)[C@@H]2C[C@@H](O)CN2C(=O)[C@@H](c2cc(OCC#CC3CC(Oc4cc(N5C6CCC5CN(c5cc(-c7ccccc7O)nnc5N)C6)ccn4)C3)no2)C(C)C)cc1. The van der Waals surface area contributed by atoms with Gasteiger partial charge in [0, 0.05) is 73.6 Å². The number of fused-ring (bicyclic) bond motifs is 2. The van der Waals surface area contributed by atoms with Crippen LogP contribution in [0.3, 0.4) is 0 Å². The second-order valence-electron chi connectivity index (χ2n) is 19.4. The smallest absolute Gasteiger partial charge is 0.255 e. The molecule has 2 bridgehead atoms. The number of likely N-dealkylation sites (tertiary alicyclic amines) is 1. The first-order valence-electron chi connectivity index (χ1n) is 24.3. The van der Waals surface area contributed by atoms with Crippen LogP contribution in [0.25, 0.3) is 21.7 Å². The second kappa shape index (κ2) is 20.2. The zero-order valence-electron chi connectivity index (χ0n) is 40.1. The number of aliphatic hydroxyl groups excluding tert-OH is 1. The molecule has 2 aromatic carbocycles. The number of aliphatic hydroxyl groups is 1. The lowest BCUT2D eigenvalue weighted by Gasteiger charge is -2.43. The van der Waals surface area contributed by atoms with Gasteiger partial charge in [-0.25, -0.2) is 9.97 Å². The molecule has 4 aromatic heterocycles. The van der Waals surface area contributed by atoms with Crippen molar-refractivity contribution < 1.29 is 33.8 Å². The van der Waals surface area contributed by atoms with Crippen LogP contribution in [0, 0.1) is 30.6 Å². The average Bonchev–Trinajstić information content (AvgIpc) is 4.15. The summed E-state index contributed by atoms with van der Waals surface area (Å²) in [6.45, 7) is 9.35. The van der Waals surface area contributed by atoms with E-state index in [0.29, 0.717) is 28.7 Å². The summed E-state index contributed by atoms with van der Waals surface area (Å²) >= 11 is 1.59. The summed E-state index contributed by atoms with van der Waals surface area (Å²) in [5.74, 6) is 6.56. The molecule has 368 valence electrons. The summed E-state index contributed by atoms with van der Waals surface area (Å²) in [5.41, 5.74) is 14.3. The van der Waals surface area contributed by atoms with Crippen molar-refractivity contribution in [1.82, 2.24) is 35.5 Å². The third-order valence-electron chi connectivity index (χ3n) is 14.2. The van der Waals surface area contributed by atoms with E-state index in [1.807, 2.05) is 94.0 Å². The molecule has 0 radical (unpaired) electrons. The molecular weight excluding hydrogens is 921 g/mol. The summed E-state index contributed by atoms with van der Waals surface area (Å²) < 4.78 is 17.8. The number of aromatic hydroxyl groups is 1. The summed E-state index contributed by atoms with van der Waals surface area (Å²) in [5, 5.41) is 36.8. The lowest BCUT2D eigenvalue weighted by molar-refractivity contribution is -0.141. The fraction of sp³-hybridized carbons (Fsp3) is 0.415. The molecule has 5 N–H and O–H groups in total. The van der Waals surface area contributed by atoms with Gasteiger partial charge in [-0.05, 0) is 86.0 Å². The number of aromatic nitrogens is 5. The highest BCUT2D eigenvalue weighted by Crippen LogP contribution is 2.41. The molecule has 3 aliphatic heterocycles. The van der Waals surface area contributed by atoms with Crippen LogP contribution in [-0.4, -0.2) is 109 Å². The number of pyridine rings is 1. The number of benzene rings is 2. The van der Waals surface area contributed by atoms with Crippen molar-refractivity contribution in [2.45, 2.75) is 102 Å². The number of nitrogens with zero attached hydrogens (tertiary/aromatic N) is 8. The van der Waals surface area contributed by atoms with Gasteiger partial charge in [0.25, 0.3) is 5.88 Å². The van der Waals surface area contributed by atoms with E-state index in [-0.39, 0.29) is 79.1 Å². The lowest BCUT2D eigenvalue weighted by atomic mass is 9.83. The van der Waals surface area contributed by atoms with Crippen LogP contribution in [0.4, 0.5) is 17.2 Å². The van der Waals surface area contributed by atoms with Gasteiger partial charge >= 0.3 is 0 Å². The number of phenols is 1. The number of ether oxygens (including phenoxy) is 2. The first-order chi connectivity index (χ1) is 34.4. The quantitative estimate of drug-likeness (QED) is 0.0815. The van der Waals surface area contributed by atoms with Crippen molar-refractivity contribution in [2.75, 3.05) is 41.8 Å². The van der Waals surface area contributed by atoms with Gasteiger partial charge in [0.2, 0.25) is 17.7 Å². The number of rotatable bonds is 14. The maximum absolute atomic E-state index is 14.2. The molecule has 18 heteroatoms. The molecule has 10 rings (SSSR count). The summed E-state index contributed by atoms with van der Waals surface area (Å²) in [7, 11) is 0. The monoisotopic (exact) mass is 978 g/mol. The first-order valence-corrected chi connectivity index (χ1v) is 25.2. The highest BCUT2D eigenvalue weighted by Gasteiger charge is 2.44. The van der Waals surface area contributed by atoms with Crippen molar-refractivity contribution in [3.8, 4) is 51.0 Å². The Bertz CT molecular complexity index is 2930. The Morgan fingerprint density at radius 2 is 1.73 bits per heavy atom. The molecule has 2 unspecified atom stereocenters. The van der Waals surface area contributed by atoms with E-state index in [0.717, 1.165) is 71.8 Å². The fourth-order valence-corrected chi connectivity index (χ4v) is 11.3. The van der Waals surface area contributed by atoms with E-state index in [1.165, 1.54) is 4.90 Å². The minimum absolute atomic E-state index is 0.00189. The molecule has 7 heterocycles. The van der Waals surface area contributed by atoms with Gasteiger partial charge in [-0.1, -0.05) is 62.1 Å². The van der Waals surface area contributed by atoms with E-state index >= 15 is 0 Å². The Kier molecular flexibility index (Phi) is 13.5. The maximum atomic E-state index is 14.2. The Balaban J connectivity index is 0.692. The van der Waals surface area contributed by atoms with Gasteiger partial charge < -0.3 is 50.0 Å². The van der Waals surface area contributed by atoms with E-state index in [9.17, 15) is 19.8 Å². The third kappa shape index (κ3) is 10.1. The Hall–Kier alpha value is -7.23. The minimum atomic E-state index is -0.846. The number of carbonyl (C=O) groups excluding carboxylic acids is 2. The molecular formula is C53H58N10O7S. The Morgan fingerprint density at radius 3 is 2.46 bits per heavy atom. The molecule has 2 amide bonds. The molecule has 4 aliphatic rings. The normalized spacial score (nSPS) is 22.4. The van der Waals surface area contributed by atoms with Gasteiger partial charge in [0.1, 0.15) is 23.8 Å². The zero-order chi connectivity index (χ0) is 49.3. The molecule has 0 spiro atoms. The summed E-state index contributed by atoms with van der Waals surface area (Å²) in [4.78, 5) is 44.1. The van der Waals surface area contributed by atoms with Crippen molar-refractivity contribution in [1.29, 1.82) is 0 Å². The molecule has 1 saturated carbocycles. The van der Waals surface area contributed by atoms with Gasteiger partial charge in [-0.15, -0.1) is 21.5 Å². The topological polar surface area (TPSA) is 218 Å². The zero-order valence-corrected chi connectivity index (χ0v) is 41.0. The number of nitrogens with two attached hydrogens (primary N) is 1. The van der Waals surface area contributed by atoms with Crippen molar-refractivity contribution in [3.05, 3.63) is 102 Å². The van der Waals surface area contributed by atoms with Crippen LogP contribution in [0.15, 0.2) is 89.0 Å². The number of nitrogen functional groups attached to an aromatic ring is 1. The predicted octanol–water partition coefficient (Wildman–Crippen LogP) is 6.92. The number of aryl methyl sites for hydroxylation is 1. The van der Waals surface area contributed by atoms with Crippen molar-refractivity contribution >= 4 is 40.3 Å². The van der Waals surface area contributed by atoms with Crippen LogP contribution in [0.5, 0.6) is 17.5 Å². The first kappa shape index (κ1) is 47.4. The minimum Gasteiger partial charge on any atom is -0.507 e. The van der Waals surface area contributed by atoms with E-state index in [4.69, 9.17) is 19.7 Å². The number of phenolic OH excluding ortho intramolecular Hbond substituents is 1. The maximum Gasteiger partial charge on any atom is 0.255 e. The highest BCUT2D eigenvalue weighted by molar-refractivity contribution is 7.13. The Labute approximate surface area is 416 Å². The van der Waals surface area contributed by atoms with Crippen LogP contribution in [0.2, 0.25) is 0 Å². The average molecular weight is 979 g/mol. The number of amides is 2. The number of para-hydroxylation sites is 1. The molecule has 1 aliphatic carbocycles. The molecule has 6 aromatic rings. The van der Waals surface area contributed by atoms with Crippen molar-refractivity contribution in [3.63, 3.8) is 0 Å². The number of anilines is 3. The number of thiazole rings is 1. The van der Waals surface area contributed by atoms with Gasteiger partial charge in [0.15, 0.2) is 18.2 Å². The number of β-amino-alcohol motifs (C(OH)–C–C–N with tert-alkyl or cyclic N) is 1. The number of hydrogen-bond acceptors (Lipinski definition) is 16. The highest BCUT2D eigenvalue weighted by atomic mass is 32.1. The van der Waals surface area contributed by atoms with Crippen molar-refractivity contribution in [2.24, 2.45) is 11.8 Å². The van der Waals surface area contributed by atoms with Crippen LogP contribution >= 0.6 is 11.3 Å². The van der Waals surface area contributed by atoms with Gasteiger partial charge in [-0.2, -0.15) is 0 Å². The number of nitrogens with one attached hydrogen (secondary N) is 1. The van der Waals surface area contributed by atoms with Gasteiger partial charge in [-0.3, -0.25) is 9.59 Å². The summed E-state index contributed by atoms with van der Waals surface area (Å²) in [6, 6.07) is 22.1. The van der Waals surface area contributed by atoms with Crippen LogP contribution < -0.4 is 30.3 Å². The molecule has 17 nitrogen and oxygen atoms in total. The van der Waals surface area contributed by atoms with Gasteiger partial charge in [0.05, 0.1) is 39.6 Å².